The molecular weight excluding hydrogens is 266 g/mol. The lowest BCUT2D eigenvalue weighted by molar-refractivity contribution is -0.384. The third kappa shape index (κ3) is 2.63. The molecule has 2 rings (SSSR count). The van der Waals surface area contributed by atoms with Crippen LogP contribution in [-0.2, 0) is 0 Å². The summed E-state index contributed by atoms with van der Waals surface area (Å²) in [5.41, 5.74) is 2.55. The van der Waals surface area contributed by atoms with E-state index in [0.717, 1.165) is 0 Å². The molecule has 0 unspecified atom stereocenters. The lowest BCUT2D eigenvalue weighted by Gasteiger charge is -2.00. The van der Waals surface area contributed by atoms with Crippen molar-refractivity contribution in [3.63, 3.8) is 0 Å². The first-order chi connectivity index (χ1) is 9.49. The summed E-state index contributed by atoms with van der Waals surface area (Å²) in [7, 11) is 0. The number of nitrogens with one attached hydrogen (secondary N) is 1. The molecule has 0 saturated carbocycles. The van der Waals surface area contributed by atoms with Gasteiger partial charge in [-0.3, -0.25) is 10.1 Å². The smallest absolute Gasteiger partial charge is 0.270 e. The molecule has 2 aromatic rings. The number of aromatic hydroxyl groups is 1. The minimum absolute atomic E-state index is 0.133. The van der Waals surface area contributed by atoms with Crippen LogP contribution in [-0.4, -0.2) is 31.1 Å². The molecule has 10 nitrogen and oxygen atoms in total. The standard InChI is InChI=1S/C10H11N7O3/c1-6-13-15-10(16(6)11)14-12-5-7-4-8(17(19)20)2-3-9(7)18/h2-5,18H,11H2,1H3,(H,14,15)/b12-5-. The molecule has 1 aromatic carbocycles. The molecule has 0 radical (unpaired) electrons. The second kappa shape index (κ2) is 5.22. The van der Waals surface area contributed by atoms with Crippen molar-refractivity contribution in [1.82, 2.24) is 14.9 Å². The van der Waals surface area contributed by atoms with Gasteiger partial charge in [-0.05, 0) is 13.0 Å². The Morgan fingerprint density at radius 1 is 1.55 bits per heavy atom. The van der Waals surface area contributed by atoms with Crippen molar-refractivity contribution in [2.24, 2.45) is 5.10 Å². The van der Waals surface area contributed by atoms with Gasteiger partial charge in [0, 0.05) is 17.7 Å². The van der Waals surface area contributed by atoms with Crippen LogP contribution in [0, 0.1) is 17.0 Å². The third-order valence-corrected chi connectivity index (χ3v) is 2.46. The molecule has 0 atom stereocenters. The molecular formula is C10H11N7O3. The Kier molecular flexibility index (Phi) is 3.46. The van der Waals surface area contributed by atoms with Gasteiger partial charge in [-0.2, -0.15) is 5.10 Å². The van der Waals surface area contributed by atoms with Crippen molar-refractivity contribution in [1.29, 1.82) is 0 Å². The van der Waals surface area contributed by atoms with Crippen LogP contribution >= 0.6 is 0 Å². The topological polar surface area (TPSA) is 144 Å². The normalized spacial score (nSPS) is 10.8. The fraction of sp³-hybridized carbons (Fsp3) is 0.100. The molecule has 0 aliphatic heterocycles. The van der Waals surface area contributed by atoms with Gasteiger partial charge in [0.1, 0.15) is 5.75 Å². The van der Waals surface area contributed by atoms with Gasteiger partial charge in [0.15, 0.2) is 5.82 Å². The number of aromatic nitrogens is 3. The molecule has 10 heteroatoms. The first-order valence-electron chi connectivity index (χ1n) is 5.42. The van der Waals surface area contributed by atoms with Gasteiger partial charge in [0.05, 0.1) is 11.1 Å². The largest absolute Gasteiger partial charge is 0.507 e. The summed E-state index contributed by atoms with van der Waals surface area (Å²) in [6, 6.07) is 3.61. The van der Waals surface area contributed by atoms with Gasteiger partial charge >= 0.3 is 0 Å². The van der Waals surface area contributed by atoms with Crippen LogP contribution in [0.4, 0.5) is 11.6 Å². The van der Waals surface area contributed by atoms with Gasteiger partial charge < -0.3 is 10.9 Å². The second-order valence-corrected chi connectivity index (χ2v) is 3.81. The number of hydrazone groups is 1. The predicted molar refractivity (Wildman–Crippen MR) is 70.9 cm³/mol. The highest BCUT2D eigenvalue weighted by atomic mass is 16.6. The number of hydrogen-bond acceptors (Lipinski definition) is 8. The van der Waals surface area contributed by atoms with Crippen molar-refractivity contribution in [2.45, 2.75) is 6.92 Å². The molecule has 0 saturated heterocycles. The zero-order valence-corrected chi connectivity index (χ0v) is 10.4. The quantitative estimate of drug-likeness (QED) is 0.316. The number of phenolic OH excluding ortho intramolecular Hbond substituents is 1. The number of aryl methyl sites for hydroxylation is 1. The molecule has 1 heterocycles. The van der Waals surface area contributed by atoms with Crippen molar-refractivity contribution >= 4 is 17.9 Å². The van der Waals surface area contributed by atoms with Crippen LogP contribution in [0.2, 0.25) is 0 Å². The van der Waals surface area contributed by atoms with E-state index in [-0.39, 0.29) is 22.9 Å². The number of nitrogen functional groups attached to an aromatic ring is 1. The molecule has 0 aliphatic rings. The lowest BCUT2D eigenvalue weighted by Crippen LogP contribution is -2.13. The lowest BCUT2D eigenvalue weighted by atomic mass is 10.2. The number of rotatable bonds is 4. The van der Waals surface area contributed by atoms with E-state index in [4.69, 9.17) is 5.84 Å². The zero-order chi connectivity index (χ0) is 14.7. The van der Waals surface area contributed by atoms with E-state index in [2.05, 4.69) is 20.7 Å². The van der Waals surface area contributed by atoms with Gasteiger partial charge in [0.2, 0.25) is 0 Å². The first kappa shape index (κ1) is 13.3. The minimum atomic E-state index is -0.565. The molecule has 0 bridgehead atoms. The van der Waals surface area contributed by atoms with Crippen LogP contribution in [0.5, 0.6) is 5.75 Å². The van der Waals surface area contributed by atoms with E-state index in [1.165, 1.54) is 29.1 Å². The fourth-order valence-corrected chi connectivity index (χ4v) is 1.36. The summed E-state index contributed by atoms with van der Waals surface area (Å²) in [5.74, 6) is 6.14. The summed E-state index contributed by atoms with van der Waals surface area (Å²) in [6.45, 7) is 1.66. The second-order valence-electron chi connectivity index (χ2n) is 3.81. The Labute approximate surface area is 112 Å². The van der Waals surface area contributed by atoms with Crippen LogP contribution in [0.15, 0.2) is 23.3 Å². The Balaban J connectivity index is 2.17. The van der Waals surface area contributed by atoms with Gasteiger partial charge in [-0.1, -0.05) is 0 Å². The Morgan fingerprint density at radius 3 is 2.90 bits per heavy atom. The molecule has 0 amide bonds. The molecule has 20 heavy (non-hydrogen) atoms. The van der Waals surface area contributed by atoms with Gasteiger partial charge in [0.25, 0.3) is 11.6 Å². The summed E-state index contributed by atoms with van der Waals surface area (Å²) >= 11 is 0. The highest BCUT2D eigenvalue weighted by molar-refractivity contribution is 5.84. The van der Waals surface area contributed by atoms with Crippen molar-refractivity contribution in [3.05, 3.63) is 39.7 Å². The summed E-state index contributed by atoms with van der Waals surface area (Å²) in [4.78, 5) is 10.1. The van der Waals surface area contributed by atoms with Crippen LogP contribution < -0.4 is 11.3 Å². The number of hydrogen-bond donors (Lipinski definition) is 3. The molecule has 0 spiro atoms. The summed E-state index contributed by atoms with van der Waals surface area (Å²) in [6.07, 6.45) is 1.21. The Hall–Kier alpha value is -3.17. The fourth-order valence-electron chi connectivity index (χ4n) is 1.36. The zero-order valence-electron chi connectivity index (χ0n) is 10.4. The highest BCUT2D eigenvalue weighted by Gasteiger charge is 2.09. The minimum Gasteiger partial charge on any atom is -0.507 e. The maximum atomic E-state index is 10.6. The predicted octanol–water partition coefficient (Wildman–Crippen LogP) is 0.360. The third-order valence-electron chi connectivity index (χ3n) is 2.46. The maximum Gasteiger partial charge on any atom is 0.270 e. The summed E-state index contributed by atoms with van der Waals surface area (Å²) in [5, 5.41) is 31.4. The van der Waals surface area contributed by atoms with E-state index in [0.29, 0.717) is 5.82 Å². The number of phenols is 1. The number of nitro groups is 1. The van der Waals surface area contributed by atoms with E-state index >= 15 is 0 Å². The number of non-ortho nitro benzene ring substituents is 1. The van der Waals surface area contributed by atoms with Crippen molar-refractivity contribution < 1.29 is 10.0 Å². The van der Waals surface area contributed by atoms with Gasteiger partial charge in [-0.25, -0.2) is 10.1 Å². The Morgan fingerprint density at radius 2 is 2.30 bits per heavy atom. The van der Waals surface area contributed by atoms with Crippen LogP contribution in [0.3, 0.4) is 0 Å². The number of nitrogens with zero attached hydrogens (tertiary/aromatic N) is 5. The average molecular weight is 277 g/mol. The van der Waals surface area contributed by atoms with Crippen molar-refractivity contribution in [2.75, 3.05) is 11.3 Å². The molecule has 104 valence electrons. The van der Waals surface area contributed by atoms with E-state index in [9.17, 15) is 15.2 Å². The number of benzene rings is 1. The van der Waals surface area contributed by atoms with Crippen molar-refractivity contribution in [3.8, 4) is 5.75 Å². The number of anilines is 1. The SMILES string of the molecule is Cc1nnc(N/N=C\c2cc([N+](=O)[O-])ccc2O)n1N. The highest BCUT2D eigenvalue weighted by Crippen LogP contribution is 2.21. The molecule has 0 fully saturated rings. The van der Waals surface area contributed by atoms with E-state index in [1.807, 2.05) is 0 Å². The number of nitrogens with two attached hydrogens (primary N) is 1. The Bertz CT molecular complexity index is 679. The molecule has 1 aromatic heterocycles. The molecule has 0 aliphatic carbocycles. The molecule has 4 N–H and O–H groups in total. The van der Waals surface area contributed by atoms with Crippen LogP contribution in [0.25, 0.3) is 0 Å². The summed E-state index contributed by atoms with van der Waals surface area (Å²) < 4.78 is 1.19. The van der Waals surface area contributed by atoms with Crippen LogP contribution in [0.1, 0.15) is 11.4 Å². The van der Waals surface area contributed by atoms with Gasteiger partial charge in [-0.15, -0.1) is 10.2 Å². The van der Waals surface area contributed by atoms with E-state index in [1.54, 1.807) is 6.92 Å². The monoisotopic (exact) mass is 277 g/mol. The first-order valence-corrected chi connectivity index (χ1v) is 5.42. The average Bonchev–Trinajstić information content (AvgIpc) is 2.72. The number of nitro benzene ring substituents is 1. The van der Waals surface area contributed by atoms with E-state index < -0.39 is 4.92 Å². The maximum absolute atomic E-state index is 10.6.